The van der Waals surface area contributed by atoms with Gasteiger partial charge in [-0.25, -0.2) is 4.68 Å². The highest BCUT2D eigenvalue weighted by atomic mass is 35.5. The van der Waals surface area contributed by atoms with Gasteiger partial charge in [-0.3, -0.25) is 4.90 Å². The van der Waals surface area contributed by atoms with E-state index in [2.05, 4.69) is 29.1 Å². The monoisotopic (exact) mass is 389 g/mol. The first-order chi connectivity index (χ1) is 10.9. The molecule has 24 heavy (non-hydrogen) atoms. The second-order valence-corrected chi connectivity index (χ2v) is 7.61. The normalized spacial score (nSPS) is 20.6. The van der Waals surface area contributed by atoms with Gasteiger partial charge in [-0.1, -0.05) is 48.3 Å². The molecule has 5 nitrogen and oxygen atoms in total. The molecule has 1 unspecified atom stereocenters. The van der Waals surface area contributed by atoms with Crippen molar-refractivity contribution < 1.29 is 0 Å². The zero-order valence-electron chi connectivity index (χ0n) is 13.7. The van der Waals surface area contributed by atoms with Crippen molar-refractivity contribution in [1.29, 1.82) is 0 Å². The summed E-state index contributed by atoms with van der Waals surface area (Å²) in [5.74, 6) is 0. The van der Waals surface area contributed by atoms with Crippen molar-refractivity contribution >= 4 is 35.6 Å². The van der Waals surface area contributed by atoms with E-state index in [0.717, 1.165) is 37.4 Å². The predicted molar refractivity (Wildman–Crippen MR) is 100 cm³/mol. The lowest BCUT2D eigenvalue weighted by Crippen LogP contribution is -2.52. The Kier molecular flexibility index (Phi) is 6.15. The lowest BCUT2D eigenvalue weighted by atomic mass is 9.80. The van der Waals surface area contributed by atoms with Gasteiger partial charge in [-0.05, 0) is 24.0 Å². The van der Waals surface area contributed by atoms with Crippen LogP contribution < -0.4 is 5.73 Å². The number of nitrogens with two attached hydrogens (primary N) is 1. The maximum absolute atomic E-state index is 6.24. The molecule has 1 aliphatic heterocycles. The summed E-state index contributed by atoms with van der Waals surface area (Å²) in [6, 6.07) is 5.72. The van der Waals surface area contributed by atoms with E-state index in [1.807, 2.05) is 18.3 Å². The maximum Gasteiger partial charge on any atom is 0.0971 e. The molecule has 0 amide bonds. The molecule has 3 rings (SSSR count). The Bertz CT molecular complexity index is 701. The van der Waals surface area contributed by atoms with Crippen LogP contribution in [0.15, 0.2) is 24.4 Å². The molecule has 0 spiro atoms. The molecule has 2 N–H and O–H groups in total. The van der Waals surface area contributed by atoms with Gasteiger partial charge in [0.2, 0.25) is 0 Å². The Balaban J connectivity index is 0.00000208. The zero-order chi connectivity index (χ0) is 16.6. The molecule has 8 heteroatoms. The lowest BCUT2D eigenvalue weighted by molar-refractivity contribution is 0.0889. The minimum Gasteiger partial charge on any atom is -0.327 e. The number of hydrogen-bond acceptors (Lipinski definition) is 4. The number of halogens is 3. The highest BCUT2D eigenvalue weighted by Gasteiger charge is 2.33. The minimum atomic E-state index is 0. The summed E-state index contributed by atoms with van der Waals surface area (Å²) in [6.45, 7) is 7.13. The third-order valence-electron chi connectivity index (χ3n) is 4.50. The van der Waals surface area contributed by atoms with E-state index in [1.54, 1.807) is 10.7 Å². The summed E-state index contributed by atoms with van der Waals surface area (Å²) in [5, 5.41) is 9.43. The van der Waals surface area contributed by atoms with Crippen LogP contribution in [0, 0.1) is 5.41 Å². The Labute approximate surface area is 158 Å². The van der Waals surface area contributed by atoms with E-state index in [-0.39, 0.29) is 23.9 Å². The molecule has 1 atom stereocenters. The molecule has 0 aliphatic carbocycles. The number of benzene rings is 1. The number of aromatic nitrogens is 3. The van der Waals surface area contributed by atoms with Crippen molar-refractivity contribution in [3.63, 3.8) is 0 Å². The SMILES string of the molecule is CC1(C)CN(Cc2cn(-c3cccc(Cl)c3Cl)nn2)CCC1N.Cl. The molecule has 1 fully saturated rings. The van der Waals surface area contributed by atoms with Crippen LogP contribution in [0.4, 0.5) is 0 Å². The van der Waals surface area contributed by atoms with Crippen LogP contribution in [0.2, 0.25) is 10.0 Å². The number of nitrogens with zero attached hydrogens (tertiary/aromatic N) is 4. The largest absolute Gasteiger partial charge is 0.327 e. The Morgan fingerprint density at radius 3 is 2.79 bits per heavy atom. The number of piperidine rings is 1. The van der Waals surface area contributed by atoms with Crippen LogP contribution in [-0.4, -0.2) is 39.0 Å². The van der Waals surface area contributed by atoms with Crippen LogP contribution in [0.5, 0.6) is 0 Å². The van der Waals surface area contributed by atoms with Crippen LogP contribution in [0.3, 0.4) is 0 Å². The van der Waals surface area contributed by atoms with Crippen molar-refractivity contribution in [2.24, 2.45) is 11.1 Å². The molecule has 0 bridgehead atoms. The summed E-state index contributed by atoms with van der Waals surface area (Å²) >= 11 is 12.3. The van der Waals surface area contributed by atoms with Crippen LogP contribution in [0.25, 0.3) is 5.69 Å². The lowest BCUT2D eigenvalue weighted by Gasteiger charge is -2.42. The standard InChI is InChI=1S/C16H21Cl2N5.ClH/c1-16(2)10-22(7-6-14(16)19)8-11-9-23(21-20-11)13-5-3-4-12(17)15(13)18;/h3-5,9,14H,6-8,10,19H2,1-2H3;1H. The Morgan fingerprint density at radius 2 is 2.08 bits per heavy atom. The fraction of sp³-hybridized carbons (Fsp3) is 0.500. The quantitative estimate of drug-likeness (QED) is 0.870. The molecular weight excluding hydrogens is 369 g/mol. The van der Waals surface area contributed by atoms with Crippen molar-refractivity contribution in [2.75, 3.05) is 13.1 Å². The fourth-order valence-electron chi connectivity index (χ4n) is 3.01. The average Bonchev–Trinajstić information content (AvgIpc) is 2.94. The third-order valence-corrected chi connectivity index (χ3v) is 5.30. The number of likely N-dealkylation sites (tertiary alicyclic amines) is 1. The zero-order valence-corrected chi connectivity index (χ0v) is 16.1. The summed E-state index contributed by atoms with van der Waals surface area (Å²) in [6.07, 6.45) is 2.90. The molecule has 0 radical (unpaired) electrons. The highest BCUT2D eigenvalue weighted by Crippen LogP contribution is 2.29. The fourth-order valence-corrected chi connectivity index (χ4v) is 3.39. The predicted octanol–water partition coefficient (Wildman–Crippen LogP) is 3.56. The van der Waals surface area contributed by atoms with Gasteiger partial charge >= 0.3 is 0 Å². The van der Waals surface area contributed by atoms with Crippen molar-refractivity contribution in [1.82, 2.24) is 19.9 Å². The Morgan fingerprint density at radius 1 is 1.33 bits per heavy atom. The number of rotatable bonds is 3. The Hall–Kier alpha value is -0.850. The molecule has 1 saturated heterocycles. The van der Waals surface area contributed by atoms with Crippen LogP contribution >= 0.6 is 35.6 Å². The van der Waals surface area contributed by atoms with Crippen molar-refractivity contribution in [2.45, 2.75) is 32.9 Å². The number of hydrogen-bond donors (Lipinski definition) is 1. The van der Waals surface area contributed by atoms with Gasteiger partial charge in [-0.2, -0.15) is 0 Å². The van der Waals surface area contributed by atoms with E-state index in [9.17, 15) is 0 Å². The van der Waals surface area contributed by atoms with Crippen LogP contribution in [0.1, 0.15) is 26.0 Å². The maximum atomic E-state index is 6.24. The topological polar surface area (TPSA) is 60.0 Å². The van der Waals surface area contributed by atoms with E-state index in [0.29, 0.717) is 10.0 Å². The van der Waals surface area contributed by atoms with Crippen LogP contribution in [-0.2, 0) is 6.54 Å². The minimum absolute atomic E-state index is 0. The van der Waals surface area contributed by atoms with E-state index in [1.165, 1.54) is 0 Å². The summed E-state index contributed by atoms with van der Waals surface area (Å²) in [7, 11) is 0. The molecule has 2 heterocycles. The van der Waals surface area contributed by atoms with Gasteiger partial charge in [0.1, 0.15) is 0 Å². The smallest absolute Gasteiger partial charge is 0.0971 e. The van der Waals surface area contributed by atoms with Crippen molar-refractivity contribution in [3.8, 4) is 5.69 Å². The molecule has 1 aliphatic rings. The summed E-state index contributed by atoms with van der Waals surface area (Å²) in [5.41, 5.74) is 7.95. The highest BCUT2D eigenvalue weighted by molar-refractivity contribution is 6.43. The molecular formula is C16H22Cl3N5. The molecule has 1 aromatic heterocycles. The van der Waals surface area contributed by atoms with Gasteiger partial charge in [0, 0.05) is 25.7 Å². The first kappa shape index (κ1) is 19.5. The van der Waals surface area contributed by atoms with E-state index >= 15 is 0 Å². The van der Waals surface area contributed by atoms with Gasteiger partial charge in [0.05, 0.1) is 27.6 Å². The third kappa shape index (κ3) is 4.03. The van der Waals surface area contributed by atoms with Gasteiger partial charge in [0.15, 0.2) is 0 Å². The van der Waals surface area contributed by atoms with Gasteiger partial charge in [0.25, 0.3) is 0 Å². The summed E-state index contributed by atoms with van der Waals surface area (Å²) in [4.78, 5) is 2.37. The van der Waals surface area contributed by atoms with Crippen molar-refractivity contribution in [3.05, 3.63) is 40.1 Å². The second kappa shape index (κ2) is 7.58. The summed E-state index contributed by atoms with van der Waals surface area (Å²) < 4.78 is 1.67. The first-order valence-corrected chi connectivity index (χ1v) is 8.46. The molecule has 2 aromatic rings. The first-order valence-electron chi connectivity index (χ1n) is 7.70. The van der Waals surface area contributed by atoms with Gasteiger partial charge in [-0.15, -0.1) is 17.5 Å². The van der Waals surface area contributed by atoms with E-state index in [4.69, 9.17) is 28.9 Å². The molecule has 1 aromatic carbocycles. The molecule has 132 valence electrons. The van der Waals surface area contributed by atoms with Gasteiger partial charge < -0.3 is 5.73 Å². The second-order valence-electron chi connectivity index (χ2n) is 6.82. The average molecular weight is 391 g/mol. The van der Waals surface area contributed by atoms with E-state index < -0.39 is 0 Å². The molecule has 0 saturated carbocycles.